The van der Waals surface area contributed by atoms with Crippen molar-refractivity contribution in [1.29, 1.82) is 0 Å². The molecule has 21 heavy (non-hydrogen) atoms. The number of benzene rings is 2. The highest BCUT2D eigenvalue weighted by Gasteiger charge is 2.03. The van der Waals surface area contributed by atoms with Crippen LogP contribution in [0.3, 0.4) is 0 Å². The van der Waals surface area contributed by atoms with Crippen molar-refractivity contribution in [1.82, 2.24) is 0 Å². The van der Waals surface area contributed by atoms with Crippen molar-refractivity contribution in [3.8, 4) is 11.5 Å². The smallest absolute Gasteiger partial charge is 0.157 e. The van der Waals surface area contributed by atoms with Gasteiger partial charge in [0.15, 0.2) is 11.5 Å². The Hall–Kier alpha value is -1.91. The highest BCUT2D eigenvalue weighted by atomic mass is 32.2. The summed E-state index contributed by atoms with van der Waals surface area (Å²) >= 11 is -1.03. The van der Waals surface area contributed by atoms with Gasteiger partial charge in [0.05, 0.1) is 0 Å². The minimum Gasteiger partial charge on any atom is -0.612 e. The fourth-order valence-electron chi connectivity index (χ4n) is 1.93. The van der Waals surface area contributed by atoms with Gasteiger partial charge in [-0.1, -0.05) is 36.4 Å². The number of aryl methyl sites for hydroxylation is 1. The average Bonchev–Trinajstić information content (AvgIpc) is 2.49. The van der Waals surface area contributed by atoms with E-state index in [1.54, 1.807) is 17.6 Å². The molecule has 0 aliphatic rings. The van der Waals surface area contributed by atoms with Gasteiger partial charge in [-0.15, -0.1) is 0 Å². The van der Waals surface area contributed by atoms with E-state index in [0.717, 1.165) is 12.8 Å². The summed E-state index contributed by atoms with van der Waals surface area (Å²) in [5.41, 5.74) is 1.96. The molecule has 110 valence electrons. The maximum atomic E-state index is 11.9. The average molecular weight is 302 g/mol. The molecule has 1 atom stereocenters. The summed E-state index contributed by atoms with van der Waals surface area (Å²) in [7, 11) is 0. The topological polar surface area (TPSA) is 63.5 Å². The summed E-state index contributed by atoms with van der Waals surface area (Å²) in [6.07, 6.45) is 3.47. The lowest BCUT2D eigenvalue weighted by atomic mass is 10.1. The van der Waals surface area contributed by atoms with Gasteiger partial charge in [-0.05, 0) is 53.4 Å². The zero-order chi connectivity index (χ0) is 15.1. The fourth-order valence-corrected chi connectivity index (χ4v) is 2.80. The second-order valence-electron chi connectivity index (χ2n) is 4.72. The Labute approximate surface area is 127 Å². The number of phenols is 2. The van der Waals surface area contributed by atoms with Gasteiger partial charge in [0.2, 0.25) is 0 Å². The molecule has 0 saturated heterocycles. The Morgan fingerprint density at radius 1 is 1.00 bits per heavy atom. The lowest BCUT2D eigenvalue weighted by molar-refractivity contribution is 0.403. The summed E-state index contributed by atoms with van der Waals surface area (Å²) in [5.74, 6) is 0.276. The third kappa shape index (κ3) is 5.17. The van der Waals surface area contributed by atoms with E-state index < -0.39 is 11.2 Å². The van der Waals surface area contributed by atoms with Crippen molar-refractivity contribution in [2.45, 2.75) is 12.8 Å². The number of hydrogen-bond donors (Lipinski definition) is 2. The molecule has 0 saturated carbocycles. The summed E-state index contributed by atoms with van der Waals surface area (Å²) in [4.78, 5) is 0. The Bertz CT molecular complexity index is 596. The van der Waals surface area contributed by atoms with E-state index in [1.165, 1.54) is 17.7 Å². The van der Waals surface area contributed by atoms with Gasteiger partial charge in [-0.25, -0.2) is 0 Å². The molecule has 0 radical (unpaired) electrons. The zero-order valence-corrected chi connectivity index (χ0v) is 12.4. The predicted molar refractivity (Wildman–Crippen MR) is 86.6 cm³/mol. The molecule has 0 amide bonds. The molecule has 2 N–H and O–H groups in total. The van der Waals surface area contributed by atoms with Crippen molar-refractivity contribution in [2.24, 2.45) is 0 Å². The standard InChI is InChI=1S/C17H18O3S/c18-16-9-8-15(13-17(16)19)10-12-21(20)11-4-7-14-5-2-1-3-6-14/h1-3,5-6,8-10,12-13,18-19H,4,7,11H2/b12-10+. The molecule has 0 aliphatic heterocycles. The summed E-state index contributed by atoms with van der Waals surface area (Å²) < 4.78 is 11.9. The van der Waals surface area contributed by atoms with E-state index in [9.17, 15) is 14.8 Å². The monoisotopic (exact) mass is 302 g/mol. The second kappa shape index (κ2) is 7.76. The fraction of sp³-hybridized carbons (Fsp3) is 0.176. The van der Waals surface area contributed by atoms with Crippen molar-refractivity contribution in [2.75, 3.05) is 5.75 Å². The van der Waals surface area contributed by atoms with Crippen LogP contribution in [-0.4, -0.2) is 20.5 Å². The van der Waals surface area contributed by atoms with Crippen LogP contribution >= 0.6 is 0 Å². The van der Waals surface area contributed by atoms with Crippen LogP contribution in [0.1, 0.15) is 17.5 Å². The van der Waals surface area contributed by atoms with Gasteiger partial charge >= 0.3 is 0 Å². The van der Waals surface area contributed by atoms with E-state index in [-0.39, 0.29) is 11.5 Å². The van der Waals surface area contributed by atoms with Crippen molar-refractivity contribution >= 4 is 17.3 Å². The van der Waals surface area contributed by atoms with Crippen molar-refractivity contribution in [3.63, 3.8) is 0 Å². The Morgan fingerprint density at radius 2 is 1.76 bits per heavy atom. The maximum Gasteiger partial charge on any atom is 0.157 e. The van der Waals surface area contributed by atoms with E-state index in [1.807, 2.05) is 18.2 Å². The first kappa shape index (κ1) is 15.5. The van der Waals surface area contributed by atoms with Crippen molar-refractivity contribution < 1.29 is 14.8 Å². The predicted octanol–water partition coefficient (Wildman–Crippen LogP) is 3.45. The van der Waals surface area contributed by atoms with Gasteiger partial charge in [0, 0.05) is 0 Å². The number of aromatic hydroxyl groups is 2. The number of phenolic OH excluding ortho intramolecular Hbond substituents is 2. The minimum atomic E-state index is -1.03. The molecule has 2 rings (SSSR count). The van der Waals surface area contributed by atoms with Gasteiger partial charge in [0.25, 0.3) is 0 Å². The molecule has 0 bridgehead atoms. The molecule has 0 aliphatic carbocycles. The Morgan fingerprint density at radius 3 is 2.48 bits per heavy atom. The van der Waals surface area contributed by atoms with Gasteiger partial charge in [0.1, 0.15) is 11.2 Å². The van der Waals surface area contributed by atoms with Crippen molar-refractivity contribution in [3.05, 3.63) is 65.1 Å². The van der Waals surface area contributed by atoms with Crippen LogP contribution in [0.25, 0.3) is 6.08 Å². The van der Waals surface area contributed by atoms with Crippen LogP contribution in [0, 0.1) is 0 Å². The summed E-state index contributed by atoms with van der Waals surface area (Å²) in [6.45, 7) is 0. The molecular formula is C17H18O3S. The first-order valence-corrected chi connectivity index (χ1v) is 8.14. The second-order valence-corrected chi connectivity index (χ2v) is 6.17. The molecule has 0 fully saturated rings. The lowest BCUT2D eigenvalue weighted by Crippen LogP contribution is -2.03. The third-order valence-electron chi connectivity index (χ3n) is 3.07. The molecule has 2 aromatic carbocycles. The van der Waals surface area contributed by atoms with E-state index in [4.69, 9.17) is 0 Å². The molecule has 2 aromatic rings. The minimum absolute atomic E-state index is 0.156. The molecular weight excluding hydrogens is 284 g/mol. The van der Waals surface area contributed by atoms with Crippen LogP contribution in [-0.2, 0) is 17.6 Å². The molecule has 4 heteroatoms. The van der Waals surface area contributed by atoms with Crippen LogP contribution in [0.5, 0.6) is 11.5 Å². The molecule has 0 heterocycles. The highest BCUT2D eigenvalue weighted by molar-refractivity contribution is 7.94. The largest absolute Gasteiger partial charge is 0.612 e. The maximum absolute atomic E-state index is 11.9. The lowest BCUT2D eigenvalue weighted by Gasteiger charge is -2.06. The molecule has 3 nitrogen and oxygen atoms in total. The van der Waals surface area contributed by atoms with E-state index in [0.29, 0.717) is 11.3 Å². The number of hydrogen-bond acceptors (Lipinski definition) is 3. The van der Waals surface area contributed by atoms with Crippen LogP contribution < -0.4 is 0 Å². The highest BCUT2D eigenvalue weighted by Crippen LogP contribution is 2.25. The van der Waals surface area contributed by atoms with Crippen LogP contribution in [0.15, 0.2) is 53.9 Å². The van der Waals surface area contributed by atoms with Gasteiger partial charge < -0.3 is 14.8 Å². The molecule has 0 aromatic heterocycles. The van der Waals surface area contributed by atoms with Crippen LogP contribution in [0.2, 0.25) is 0 Å². The molecule has 1 unspecified atom stereocenters. The quantitative estimate of drug-likeness (QED) is 0.634. The third-order valence-corrected chi connectivity index (χ3v) is 4.20. The van der Waals surface area contributed by atoms with Gasteiger partial charge in [-0.3, -0.25) is 0 Å². The summed E-state index contributed by atoms with van der Waals surface area (Å²) in [6, 6.07) is 14.6. The SMILES string of the molecule is [O-][S+](/C=C/c1ccc(O)c(O)c1)CCCc1ccccc1. The Balaban J connectivity index is 1.79. The first-order chi connectivity index (χ1) is 10.1. The first-order valence-electron chi connectivity index (χ1n) is 6.76. The van der Waals surface area contributed by atoms with E-state index >= 15 is 0 Å². The Kier molecular flexibility index (Phi) is 5.72. The summed E-state index contributed by atoms with van der Waals surface area (Å²) in [5, 5.41) is 20.2. The zero-order valence-electron chi connectivity index (χ0n) is 11.6. The van der Waals surface area contributed by atoms with E-state index in [2.05, 4.69) is 12.1 Å². The number of rotatable bonds is 6. The van der Waals surface area contributed by atoms with Gasteiger partial charge in [-0.2, -0.15) is 0 Å². The molecule has 0 spiro atoms. The van der Waals surface area contributed by atoms with Crippen LogP contribution in [0.4, 0.5) is 0 Å². The normalized spacial score (nSPS) is 12.6.